The number of nitrogens with one attached hydrogen (secondary N) is 1. The van der Waals surface area contributed by atoms with E-state index in [-0.39, 0.29) is 11.9 Å². The van der Waals surface area contributed by atoms with Crippen LogP contribution in [0.4, 0.5) is 4.39 Å². The minimum Gasteiger partial charge on any atom is -0.493 e. The Morgan fingerprint density at radius 2 is 1.83 bits per heavy atom. The summed E-state index contributed by atoms with van der Waals surface area (Å²) < 4.78 is 26.1. The summed E-state index contributed by atoms with van der Waals surface area (Å²) in [6, 6.07) is 6.75. The molecule has 130 valence electrons. The molecule has 1 saturated heterocycles. The van der Waals surface area contributed by atoms with Crippen molar-refractivity contribution < 1.29 is 13.9 Å². The molecular formula is C17H20ClFN2O2S. The van der Waals surface area contributed by atoms with Crippen molar-refractivity contribution in [3.63, 3.8) is 0 Å². The van der Waals surface area contributed by atoms with Gasteiger partial charge in [0.25, 0.3) is 0 Å². The van der Waals surface area contributed by atoms with Gasteiger partial charge < -0.3 is 14.8 Å². The second kappa shape index (κ2) is 7.70. The van der Waals surface area contributed by atoms with Gasteiger partial charge >= 0.3 is 0 Å². The van der Waals surface area contributed by atoms with Crippen molar-refractivity contribution in [2.24, 2.45) is 0 Å². The summed E-state index contributed by atoms with van der Waals surface area (Å²) in [4.78, 5) is 3.29. The average Bonchev–Trinajstić information content (AvgIpc) is 3.03. The lowest BCUT2D eigenvalue weighted by atomic mass is 10.0. The van der Waals surface area contributed by atoms with E-state index in [4.69, 9.17) is 21.1 Å². The number of nitrogens with zero attached hydrogens (tertiary/aromatic N) is 1. The molecule has 1 atom stereocenters. The van der Waals surface area contributed by atoms with E-state index in [9.17, 15) is 4.39 Å². The van der Waals surface area contributed by atoms with Crippen molar-refractivity contribution in [1.82, 2.24) is 10.2 Å². The van der Waals surface area contributed by atoms with Crippen LogP contribution >= 0.6 is 22.9 Å². The molecule has 0 aliphatic carbocycles. The van der Waals surface area contributed by atoms with E-state index in [1.165, 1.54) is 24.5 Å². The number of methoxy groups -OCH3 is 2. The van der Waals surface area contributed by atoms with E-state index in [0.717, 1.165) is 31.1 Å². The molecule has 1 fully saturated rings. The first-order valence-electron chi connectivity index (χ1n) is 7.75. The number of thiophene rings is 1. The van der Waals surface area contributed by atoms with Crippen LogP contribution in [0.15, 0.2) is 24.3 Å². The van der Waals surface area contributed by atoms with Crippen molar-refractivity contribution in [3.8, 4) is 11.5 Å². The number of piperazine rings is 1. The molecule has 0 radical (unpaired) electrons. The van der Waals surface area contributed by atoms with Crippen LogP contribution in [-0.4, -0.2) is 45.3 Å². The highest BCUT2D eigenvalue weighted by Gasteiger charge is 2.29. The minimum atomic E-state index is -0.305. The zero-order chi connectivity index (χ0) is 17.1. The van der Waals surface area contributed by atoms with Gasteiger partial charge in [-0.3, -0.25) is 4.90 Å². The SMILES string of the molecule is COc1cc(F)c([C@@H](c2ccc(Cl)s2)N2CCNCC2)cc1OC. The van der Waals surface area contributed by atoms with Crippen LogP contribution in [-0.2, 0) is 0 Å². The zero-order valence-corrected chi connectivity index (χ0v) is 15.2. The molecule has 1 N–H and O–H groups in total. The Kier molecular flexibility index (Phi) is 5.61. The van der Waals surface area contributed by atoms with Crippen molar-refractivity contribution in [2.75, 3.05) is 40.4 Å². The molecule has 1 aromatic carbocycles. The number of halogens is 2. The van der Waals surface area contributed by atoms with Gasteiger partial charge in [0.15, 0.2) is 11.5 Å². The lowest BCUT2D eigenvalue weighted by Crippen LogP contribution is -2.45. The molecular weight excluding hydrogens is 351 g/mol. The molecule has 4 nitrogen and oxygen atoms in total. The fraction of sp³-hybridized carbons (Fsp3) is 0.412. The highest BCUT2D eigenvalue weighted by Crippen LogP contribution is 2.40. The summed E-state index contributed by atoms with van der Waals surface area (Å²) in [5.74, 6) is 0.611. The third-order valence-corrected chi connectivity index (χ3v) is 5.46. The molecule has 1 aromatic heterocycles. The largest absolute Gasteiger partial charge is 0.493 e. The molecule has 0 amide bonds. The standard InChI is InChI=1S/C17H20ClFN2O2S/c1-22-13-9-11(12(19)10-14(13)23-2)17(15-3-4-16(18)24-15)21-7-5-20-6-8-21/h3-4,9-10,17,20H,5-8H2,1-2H3/t17-/m0/s1. The smallest absolute Gasteiger partial charge is 0.163 e. The fourth-order valence-electron chi connectivity index (χ4n) is 3.02. The summed E-state index contributed by atoms with van der Waals surface area (Å²) >= 11 is 7.61. The van der Waals surface area contributed by atoms with Gasteiger partial charge in [-0.15, -0.1) is 11.3 Å². The van der Waals surface area contributed by atoms with E-state index in [1.807, 2.05) is 12.1 Å². The lowest BCUT2D eigenvalue weighted by molar-refractivity contribution is 0.197. The quantitative estimate of drug-likeness (QED) is 0.872. The van der Waals surface area contributed by atoms with Gasteiger partial charge in [-0.1, -0.05) is 11.6 Å². The number of rotatable bonds is 5. The van der Waals surface area contributed by atoms with Crippen LogP contribution in [0.5, 0.6) is 11.5 Å². The van der Waals surface area contributed by atoms with E-state index < -0.39 is 0 Å². The second-order valence-corrected chi connectivity index (χ2v) is 7.31. The second-order valence-electron chi connectivity index (χ2n) is 5.56. The Hall–Kier alpha value is -1.34. The Balaban J connectivity index is 2.07. The maximum atomic E-state index is 14.8. The molecule has 1 aliphatic heterocycles. The van der Waals surface area contributed by atoms with Crippen LogP contribution in [0.3, 0.4) is 0 Å². The summed E-state index contributed by atoms with van der Waals surface area (Å²) in [6.07, 6.45) is 0. The van der Waals surface area contributed by atoms with Crippen LogP contribution in [0.2, 0.25) is 4.34 Å². The normalized spacial score (nSPS) is 16.8. The van der Waals surface area contributed by atoms with Gasteiger partial charge in [-0.2, -0.15) is 0 Å². The Labute approximate surface area is 150 Å². The molecule has 0 unspecified atom stereocenters. The predicted molar refractivity (Wildman–Crippen MR) is 95.1 cm³/mol. The van der Waals surface area contributed by atoms with Gasteiger partial charge in [-0.25, -0.2) is 4.39 Å². The molecule has 2 heterocycles. The lowest BCUT2D eigenvalue weighted by Gasteiger charge is -2.35. The van der Waals surface area contributed by atoms with Crippen LogP contribution < -0.4 is 14.8 Å². The predicted octanol–water partition coefficient (Wildman–Crippen LogP) is 3.55. The molecule has 0 bridgehead atoms. The van der Waals surface area contributed by atoms with Crippen molar-refractivity contribution in [2.45, 2.75) is 6.04 Å². The monoisotopic (exact) mass is 370 g/mol. The number of hydrogen-bond acceptors (Lipinski definition) is 5. The summed E-state index contributed by atoms with van der Waals surface area (Å²) in [5.41, 5.74) is 0.577. The van der Waals surface area contributed by atoms with Crippen LogP contribution in [0.1, 0.15) is 16.5 Å². The van der Waals surface area contributed by atoms with Crippen molar-refractivity contribution in [3.05, 3.63) is 44.9 Å². The highest BCUT2D eigenvalue weighted by molar-refractivity contribution is 7.16. The van der Waals surface area contributed by atoms with Gasteiger partial charge in [0, 0.05) is 42.7 Å². The van der Waals surface area contributed by atoms with Crippen LogP contribution in [0, 0.1) is 5.82 Å². The average molecular weight is 371 g/mol. The molecule has 0 saturated carbocycles. The Bertz CT molecular complexity index is 704. The van der Waals surface area contributed by atoms with E-state index >= 15 is 0 Å². The zero-order valence-electron chi connectivity index (χ0n) is 13.6. The van der Waals surface area contributed by atoms with Crippen molar-refractivity contribution >= 4 is 22.9 Å². The van der Waals surface area contributed by atoms with Gasteiger partial charge in [-0.05, 0) is 18.2 Å². The topological polar surface area (TPSA) is 33.7 Å². The molecule has 7 heteroatoms. The first kappa shape index (κ1) is 17.5. The van der Waals surface area contributed by atoms with E-state index in [1.54, 1.807) is 13.2 Å². The number of benzene rings is 1. The number of hydrogen-bond donors (Lipinski definition) is 1. The summed E-state index contributed by atoms with van der Waals surface area (Å²) in [6.45, 7) is 3.44. The maximum absolute atomic E-state index is 14.8. The highest BCUT2D eigenvalue weighted by atomic mass is 35.5. The molecule has 1 aliphatic rings. The Morgan fingerprint density at radius 3 is 2.42 bits per heavy atom. The van der Waals surface area contributed by atoms with Crippen LogP contribution in [0.25, 0.3) is 0 Å². The first-order chi connectivity index (χ1) is 11.6. The molecule has 2 aromatic rings. The fourth-order valence-corrected chi connectivity index (χ4v) is 4.24. The Morgan fingerprint density at radius 1 is 1.17 bits per heavy atom. The van der Waals surface area contributed by atoms with Gasteiger partial charge in [0.05, 0.1) is 24.6 Å². The molecule has 3 rings (SSSR count). The van der Waals surface area contributed by atoms with E-state index in [0.29, 0.717) is 21.4 Å². The first-order valence-corrected chi connectivity index (χ1v) is 8.95. The maximum Gasteiger partial charge on any atom is 0.163 e. The van der Waals surface area contributed by atoms with E-state index in [2.05, 4.69) is 10.2 Å². The number of ether oxygens (including phenoxy) is 2. The van der Waals surface area contributed by atoms with Crippen molar-refractivity contribution in [1.29, 1.82) is 0 Å². The van der Waals surface area contributed by atoms with Gasteiger partial charge in [0.2, 0.25) is 0 Å². The molecule has 0 spiro atoms. The molecule has 24 heavy (non-hydrogen) atoms. The third-order valence-electron chi connectivity index (χ3n) is 4.18. The summed E-state index contributed by atoms with van der Waals surface area (Å²) in [7, 11) is 3.06. The summed E-state index contributed by atoms with van der Waals surface area (Å²) in [5, 5.41) is 3.33. The van der Waals surface area contributed by atoms with Gasteiger partial charge in [0.1, 0.15) is 5.82 Å². The third kappa shape index (κ3) is 3.52. The minimum absolute atomic E-state index is 0.190.